The lowest BCUT2D eigenvalue weighted by atomic mass is 10.2. The third-order valence-corrected chi connectivity index (χ3v) is 4.66. The number of amides is 1. The predicted molar refractivity (Wildman–Crippen MR) is 82.5 cm³/mol. The molecule has 2 aromatic heterocycles. The van der Waals surface area contributed by atoms with Crippen LogP contribution in [0, 0.1) is 0 Å². The molecule has 1 aliphatic rings. The zero-order chi connectivity index (χ0) is 14.8. The highest BCUT2D eigenvalue weighted by Gasteiger charge is 2.22. The van der Waals surface area contributed by atoms with Crippen molar-refractivity contribution in [1.29, 1.82) is 0 Å². The number of thiophene rings is 1. The number of hydrogen-bond donors (Lipinski definition) is 1. The van der Waals surface area contributed by atoms with Crippen molar-refractivity contribution in [2.75, 3.05) is 19.6 Å². The molecule has 1 fully saturated rings. The number of fused-ring (bicyclic) bond motifs is 1. The van der Waals surface area contributed by atoms with Crippen LogP contribution in [0.2, 0.25) is 0 Å². The second-order valence-electron chi connectivity index (χ2n) is 5.27. The minimum Gasteiger partial charge on any atom is -0.337 e. The molecule has 2 aromatic rings. The Morgan fingerprint density at radius 1 is 1.57 bits per heavy atom. The summed E-state index contributed by atoms with van der Waals surface area (Å²) in [7, 11) is 0. The van der Waals surface area contributed by atoms with Gasteiger partial charge in [-0.15, -0.1) is 11.3 Å². The Hall–Kier alpha value is -1.73. The van der Waals surface area contributed by atoms with E-state index in [2.05, 4.69) is 10.3 Å². The number of nitrogens with zero attached hydrogens (tertiary/aromatic N) is 3. The molecule has 0 aliphatic carbocycles. The maximum absolute atomic E-state index is 12.3. The van der Waals surface area contributed by atoms with Crippen LogP contribution in [-0.2, 0) is 11.3 Å². The SMILES string of the molecule is CC1CNCCN1C(=O)CCn1cnc2sccc2c1=O. The van der Waals surface area contributed by atoms with E-state index in [0.717, 1.165) is 24.5 Å². The Kier molecular flexibility index (Phi) is 4.03. The number of nitrogens with one attached hydrogen (secondary N) is 1. The van der Waals surface area contributed by atoms with Crippen LogP contribution in [0.4, 0.5) is 0 Å². The first-order valence-corrected chi connectivity index (χ1v) is 7.97. The summed E-state index contributed by atoms with van der Waals surface area (Å²) in [5.41, 5.74) is -0.0672. The quantitative estimate of drug-likeness (QED) is 0.905. The van der Waals surface area contributed by atoms with Crippen LogP contribution in [0.1, 0.15) is 13.3 Å². The molecule has 0 bridgehead atoms. The molecule has 1 atom stereocenters. The average molecular weight is 306 g/mol. The van der Waals surface area contributed by atoms with Crippen LogP contribution in [0.15, 0.2) is 22.6 Å². The van der Waals surface area contributed by atoms with Crippen LogP contribution in [0.25, 0.3) is 10.2 Å². The third kappa shape index (κ3) is 2.84. The normalized spacial score (nSPS) is 19.1. The fraction of sp³-hybridized carbons (Fsp3) is 0.500. The van der Waals surface area contributed by atoms with Gasteiger partial charge in [0.15, 0.2) is 0 Å². The van der Waals surface area contributed by atoms with Gasteiger partial charge in [0.2, 0.25) is 5.91 Å². The van der Waals surface area contributed by atoms with E-state index in [4.69, 9.17) is 0 Å². The second-order valence-corrected chi connectivity index (χ2v) is 6.17. The molecule has 1 saturated heterocycles. The standard InChI is InChI=1S/C14H18N4O2S/c1-10-8-15-4-6-18(10)12(19)2-5-17-9-16-13-11(14(17)20)3-7-21-13/h3,7,9-10,15H,2,4-6,8H2,1H3. The topological polar surface area (TPSA) is 67.2 Å². The van der Waals surface area contributed by atoms with Gasteiger partial charge in [-0.05, 0) is 18.4 Å². The Balaban J connectivity index is 1.70. The highest BCUT2D eigenvalue weighted by atomic mass is 32.1. The van der Waals surface area contributed by atoms with E-state index in [1.54, 1.807) is 6.07 Å². The van der Waals surface area contributed by atoms with Crippen molar-refractivity contribution in [3.8, 4) is 0 Å². The summed E-state index contributed by atoms with van der Waals surface area (Å²) in [5.74, 6) is 0.0984. The lowest BCUT2D eigenvalue weighted by Crippen LogP contribution is -2.52. The zero-order valence-electron chi connectivity index (χ0n) is 11.9. The summed E-state index contributed by atoms with van der Waals surface area (Å²) in [6, 6.07) is 1.99. The van der Waals surface area contributed by atoms with Crippen molar-refractivity contribution >= 4 is 27.5 Å². The molecule has 3 rings (SSSR count). The second kappa shape index (κ2) is 5.95. The Morgan fingerprint density at radius 3 is 3.24 bits per heavy atom. The van der Waals surface area contributed by atoms with Crippen molar-refractivity contribution in [3.05, 3.63) is 28.1 Å². The lowest BCUT2D eigenvalue weighted by molar-refractivity contribution is -0.134. The van der Waals surface area contributed by atoms with Gasteiger partial charge >= 0.3 is 0 Å². The Labute approximate surface area is 126 Å². The van der Waals surface area contributed by atoms with E-state index in [1.807, 2.05) is 17.2 Å². The van der Waals surface area contributed by atoms with Gasteiger partial charge in [-0.3, -0.25) is 14.2 Å². The fourth-order valence-electron chi connectivity index (χ4n) is 2.62. The van der Waals surface area contributed by atoms with Gasteiger partial charge in [0.1, 0.15) is 4.83 Å². The van der Waals surface area contributed by atoms with Gasteiger partial charge in [-0.25, -0.2) is 4.98 Å². The maximum Gasteiger partial charge on any atom is 0.262 e. The first-order valence-electron chi connectivity index (χ1n) is 7.09. The van der Waals surface area contributed by atoms with E-state index >= 15 is 0 Å². The summed E-state index contributed by atoms with van der Waals surface area (Å²) < 4.78 is 1.53. The number of piperazine rings is 1. The van der Waals surface area contributed by atoms with Crippen molar-refractivity contribution in [2.24, 2.45) is 0 Å². The molecule has 0 spiro atoms. The van der Waals surface area contributed by atoms with Gasteiger partial charge in [-0.2, -0.15) is 0 Å². The smallest absolute Gasteiger partial charge is 0.262 e. The van der Waals surface area contributed by atoms with Crippen LogP contribution < -0.4 is 10.9 Å². The molecule has 1 N–H and O–H groups in total. The van der Waals surface area contributed by atoms with Crippen molar-refractivity contribution in [1.82, 2.24) is 19.8 Å². The molecular formula is C14H18N4O2S. The third-order valence-electron chi connectivity index (χ3n) is 3.84. The molecule has 6 nitrogen and oxygen atoms in total. The Bertz CT molecular complexity index is 708. The zero-order valence-corrected chi connectivity index (χ0v) is 12.7. The number of carbonyl (C=O) groups is 1. The van der Waals surface area contributed by atoms with Crippen LogP contribution >= 0.6 is 11.3 Å². The molecule has 1 amide bonds. The van der Waals surface area contributed by atoms with Gasteiger partial charge in [0.05, 0.1) is 11.7 Å². The highest BCUT2D eigenvalue weighted by Crippen LogP contribution is 2.13. The molecule has 1 aliphatic heterocycles. The van der Waals surface area contributed by atoms with Gasteiger partial charge in [0.25, 0.3) is 5.56 Å². The number of hydrogen-bond acceptors (Lipinski definition) is 5. The van der Waals surface area contributed by atoms with Gasteiger partial charge in [-0.1, -0.05) is 0 Å². The summed E-state index contributed by atoms with van der Waals surface area (Å²) in [6.07, 6.45) is 1.87. The van der Waals surface area contributed by atoms with Gasteiger partial charge in [0, 0.05) is 38.6 Å². The number of carbonyl (C=O) groups excluding carboxylic acids is 1. The van der Waals surface area contributed by atoms with E-state index in [9.17, 15) is 9.59 Å². The first-order chi connectivity index (χ1) is 10.2. The first kappa shape index (κ1) is 14.2. The predicted octanol–water partition coefficient (Wildman–Crippen LogP) is 0.668. The van der Waals surface area contributed by atoms with Gasteiger partial charge < -0.3 is 10.2 Å². The van der Waals surface area contributed by atoms with Crippen molar-refractivity contribution < 1.29 is 4.79 Å². The van der Waals surface area contributed by atoms with Crippen molar-refractivity contribution in [2.45, 2.75) is 25.9 Å². The van der Waals surface area contributed by atoms with E-state index in [-0.39, 0.29) is 17.5 Å². The van der Waals surface area contributed by atoms with Crippen LogP contribution in [0.3, 0.4) is 0 Å². The molecule has 0 saturated carbocycles. The fourth-order valence-corrected chi connectivity index (χ4v) is 3.35. The summed E-state index contributed by atoms with van der Waals surface area (Å²) in [6.45, 7) is 4.81. The maximum atomic E-state index is 12.3. The molecule has 0 radical (unpaired) electrons. The van der Waals surface area contributed by atoms with Crippen LogP contribution in [-0.4, -0.2) is 46.0 Å². The molecule has 0 aromatic carbocycles. The lowest BCUT2D eigenvalue weighted by Gasteiger charge is -2.34. The molecule has 3 heterocycles. The van der Waals surface area contributed by atoms with E-state index in [0.29, 0.717) is 18.4 Å². The molecule has 7 heteroatoms. The molecule has 112 valence electrons. The van der Waals surface area contributed by atoms with E-state index in [1.165, 1.54) is 22.2 Å². The highest BCUT2D eigenvalue weighted by molar-refractivity contribution is 7.16. The molecular weight excluding hydrogens is 288 g/mol. The average Bonchev–Trinajstić information content (AvgIpc) is 2.96. The molecule has 21 heavy (non-hydrogen) atoms. The minimum atomic E-state index is -0.0672. The largest absolute Gasteiger partial charge is 0.337 e. The van der Waals surface area contributed by atoms with E-state index < -0.39 is 0 Å². The summed E-state index contributed by atoms with van der Waals surface area (Å²) >= 11 is 1.45. The minimum absolute atomic E-state index is 0.0672. The Morgan fingerprint density at radius 2 is 2.43 bits per heavy atom. The summed E-state index contributed by atoms with van der Waals surface area (Å²) in [5, 5.41) is 5.75. The molecule has 1 unspecified atom stereocenters. The number of aryl methyl sites for hydroxylation is 1. The number of aromatic nitrogens is 2. The number of rotatable bonds is 3. The van der Waals surface area contributed by atoms with Crippen LogP contribution in [0.5, 0.6) is 0 Å². The summed E-state index contributed by atoms with van der Waals surface area (Å²) in [4.78, 5) is 31.4. The monoisotopic (exact) mass is 306 g/mol. The van der Waals surface area contributed by atoms with Crippen molar-refractivity contribution in [3.63, 3.8) is 0 Å².